The number of halogens is 6. The van der Waals surface area contributed by atoms with Crippen LogP contribution in [0.3, 0.4) is 0 Å². The van der Waals surface area contributed by atoms with Gasteiger partial charge < -0.3 is 9.80 Å². The van der Waals surface area contributed by atoms with Crippen molar-refractivity contribution in [3.63, 3.8) is 0 Å². The molecule has 0 bridgehead atoms. The van der Waals surface area contributed by atoms with Gasteiger partial charge in [-0.1, -0.05) is 6.92 Å². The van der Waals surface area contributed by atoms with E-state index in [1.165, 1.54) is 0 Å². The number of nitrogens with zero attached hydrogens (tertiary/aromatic N) is 6. The first-order valence-electron chi connectivity index (χ1n) is 11.1. The Balaban J connectivity index is 1.54. The number of rotatable bonds is 7. The van der Waals surface area contributed by atoms with E-state index in [1.807, 2.05) is 5.10 Å². The van der Waals surface area contributed by atoms with Crippen LogP contribution >= 0.6 is 0 Å². The van der Waals surface area contributed by atoms with Crippen molar-refractivity contribution in [2.75, 3.05) is 44.7 Å². The molecule has 9 nitrogen and oxygen atoms in total. The first kappa shape index (κ1) is 27.4. The maximum Gasteiger partial charge on any atom is 0.421 e. The van der Waals surface area contributed by atoms with E-state index in [9.17, 15) is 35.9 Å². The summed E-state index contributed by atoms with van der Waals surface area (Å²) in [4.78, 5) is 36.7. The Labute approximate surface area is 202 Å². The fourth-order valence-corrected chi connectivity index (χ4v) is 3.92. The van der Waals surface area contributed by atoms with Crippen molar-refractivity contribution in [2.45, 2.75) is 38.2 Å². The average Bonchev–Trinajstić information content (AvgIpc) is 2.83. The van der Waals surface area contributed by atoms with Gasteiger partial charge in [0.05, 0.1) is 17.3 Å². The zero-order chi connectivity index (χ0) is 26.7. The van der Waals surface area contributed by atoms with E-state index in [0.717, 1.165) is 6.07 Å². The SMILES string of the molecule is CCC(c1cc(C(F)(F)F)c(=O)[nH]n1)N(C)CCC(=O)N1CCN(c2ncc(C(F)(F)F)cn2)CC1. The van der Waals surface area contributed by atoms with E-state index in [-0.39, 0.29) is 30.5 Å². The largest absolute Gasteiger partial charge is 0.421 e. The Morgan fingerprint density at radius 1 is 1.08 bits per heavy atom. The number of carbonyl (C=O) groups excluding carboxylic acids is 1. The molecule has 36 heavy (non-hydrogen) atoms. The number of aromatic nitrogens is 4. The van der Waals surface area contributed by atoms with Gasteiger partial charge >= 0.3 is 12.4 Å². The lowest BCUT2D eigenvalue weighted by molar-refractivity contribution is -0.139. The average molecular weight is 521 g/mol. The predicted octanol–water partition coefficient (Wildman–Crippen LogP) is 2.72. The van der Waals surface area contributed by atoms with E-state index in [2.05, 4.69) is 15.1 Å². The van der Waals surface area contributed by atoms with Crippen molar-refractivity contribution in [1.29, 1.82) is 0 Å². The smallest absolute Gasteiger partial charge is 0.339 e. The van der Waals surface area contributed by atoms with Crippen molar-refractivity contribution >= 4 is 11.9 Å². The number of hydrogen-bond acceptors (Lipinski definition) is 7. The number of H-pyrrole nitrogens is 1. The van der Waals surface area contributed by atoms with Crippen LogP contribution < -0.4 is 10.5 Å². The van der Waals surface area contributed by atoms with E-state index in [4.69, 9.17) is 0 Å². The molecular weight excluding hydrogens is 496 g/mol. The highest BCUT2D eigenvalue weighted by molar-refractivity contribution is 5.76. The van der Waals surface area contributed by atoms with Crippen molar-refractivity contribution in [3.05, 3.63) is 45.6 Å². The Kier molecular flexibility index (Phi) is 8.21. The predicted molar refractivity (Wildman–Crippen MR) is 116 cm³/mol. The molecule has 3 heterocycles. The molecule has 1 atom stereocenters. The molecular formula is C21H25F6N7O2. The van der Waals surface area contributed by atoms with Crippen molar-refractivity contribution in [1.82, 2.24) is 30.0 Å². The topological polar surface area (TPSA) is 98.3 Å². The van der Waals surface area contributed by atoms with Crippen LogP contribution in [-0.2, 0) is 17.1 Å². The third kappa shape index (κ3) is 6.50. The zero-order valence-electron chi connectivity index (χ0n) is 19.5. The van der Waals surface area contributed by atoms with Gasteiger partial charge in [-0.25, -0.2) is 15.1 Å². The van der Waals surface area contributed by atoms with Crippen LogP contribution in [0.15, 0.2) is 23.3 Å². The van der Waals surface area contributed by atoms with E-state index in [0.29, 0.717) is 45.0 Å². The molecule has 0 radical (unpaired) electrons. The van der Waals surface area contributed by atoms with Crippen LogP contribution in [0.5, 0.6) is 0 Å². The quantitative estimate of drug-likeness (QED) is 0.560. The molecule has 2 aromatic rings. The number of anilines is 1. The molecule has 2 aromatic heterocycles. The highest BCUT2D eigenvalue weighted by Crippen LogP contribution is 2.30. The molecule has 1 unspecified atom stereocenters. The molecule has 0 spiro atoms. The molecule has 0 aliphatic carbocycles. The van der Waals surface area contributed by atoms with Crippen molar-refractivity contribution in [2.24, 2.45) is 0 Å². The molecule has 1 fully saturated rings. The van der Waals surface area contributed by atoms with E-state index in [1.54, 1.807) is 28.7 Å². The summed E-state index contributed by atoms with van der Waals surface area (Å²) in [5, 5.41) is 5.65. The number of nitrogens with one attached hydrogen (secondary N) is 1. The fourth-order valence-electron chi connectivity index (χ4n) is 3.92. The van der Waals surface area contributed by atoms with Crippen LogP contribution in [0.4, 0.5) is 32.3 Å². The first-order chi connectivity index (χ1) is 16.8. The van der Waals surface area contributed by atoms with Gasteiger partial charge in [0.15, 0.2) is 0 Å². The summed E-state index contributed by atoms with van der Waals surface area (Å²) in [6, 6.07) is 0.179. The lowest BCUT2D eigenvalue weighted by Gasteiger charge is -2.35. The van der Waals surface area contributed by atoms with E-state index >= 15 is 0 Å². The lowest BCUT2D eigenvalue weighted by Crippen LogP contribution is -2.49. The van der Waals surface area contributed by atoms with Crippen LogP contribution in [0.1, 0.15) is 42.6 Å². The molecule has 198 valence electrons. The summed E-state index contributed by atoms with van der Waals surface area (Å²) in [5.41, 5.74) is -3.55. The van der Waals surface area contributed by atoms with Gasteiger partial charge in [0.2, 0.25) is 11.9 Å². The third-order valence-electron chi connectivity index (χ3n) is 5.95. The van der Waals surface area contributed by atoms with Gasteiger partial charge in [0, 0.05) is 51.5 Å². The second-order valence-corrected chi connectivity index (χ2v) is 8.33. The minimum absolute atomic E-state index is 0.0459. The Bertz CT molecular complexity index is 1100. The van der Waals surface area contributed by atoms with Gasteiger partial charge in [-0.15, -0.1) is 0 Å². The molecule has 1 saturated heterocycles. The maximum absolute atomic E-state index is 13.1. The van der Waals surface area contributed by atoms with E-state index < -0.39 is 35.1 Å². The number of alkyl halides is 6. The summed E-state index contributed by atoms with van der Waals surface area (Å²) >= 11 is 0. The number of hydrogen-bond donors (Lipinski definition) is 1. The normalized spacial score (nSPS) is 15.9. The molecule has 1 aliphatic rings. The van der Waals surface area contributed by atoms with Crippen molar-refractivity contribution < 1.29 is 31.1 Å². The summed E-state index contributed by atoms with van der Waals surface area (Å²) in [5.74, 6) is -0.0256. The first-order valence-corrected chi connectivity index (χ1v) is 11.1. The Hall–Kier alpha value is -3.23. The number of aromatic amines is 1. The van der Waals surface area contributed by atoms with Crippen molar-refractivity contribution in [3.8, 4) is 0 Å². The molecule has 15 heteroatoms. The molecule has 1 aliphatic heterocycles. The van der Waals surface area contributed by atoms with Crippen LogP contribution in [-0.4, -0.2) is 75.6 Å². The highest BCUT2D eigenvalue weighted by atomic mass is 19.4. The molecule has 0 aromatic carbocycles. The maximum atomic E-state index is 13.1. The lowest BCUT2D eigenvalue weighted by atomic mass is 10.1. The van der Waals surface area contributed by atoms with Crippen LogP contribution in [0, 0.1) is 0 Å². The molecule has 0 saturated carbocycles. The minimum atomic E-state index is -4.81. The number of piperazine rings is 1. The van der Waals surface area contributed by atoms with Gasteiger partial charge in [-0.05, 0) is 19.5 Å². The molecule has 1 N–H and O–H groups in total. The monoisotopic (exact) mass is 521 g/mol. The van der Waals surface area contributed by atoms with Crippen LogP contribution in [0.2, 0.25) is 0 Å². The number of amides is 1. The number of carbonyl (C=O) groups is 1. The van der Waals surface area contributed by atoms with Gasteiger partial charge in [0.25, 0.3) is 5.56 Å². The third-order valence-corrected chi connectivity index (χ3v) is 5.95. The standard InChI is InChI=1S/C21H25F6N7O2/c1-3-16(15-10-14(21(25,26)27)18(36)31-30-15)32(2)5-4-17(35)33-6-8-34(9-7-33)19-28-11-13(12-29-19)20(22,23)24/h10-12,16H,3-9H2,1-2H3,(H,31,36). The Morgan fingerprint density at radius 3 is 2.22 bits per heavy atom. The second-order valence-electron chi connectivity index (χ2n) is 8.33. The minimum Gasteiger partial charge on any atom is -0.339 e. The van der Waals surface area contributed by atoms with Crippen LogP contribution in [0.25, 0.3) is 0 Å². The fraction of sp³-hybridized carbons (Fsp3) is 0.571. The zero-order valence-corrected chi connectivity index (χ0v) is 19.5. The summed E-state index contributed by atoms with van der Waals surface area (Å²) < 4.78 is 77.3. The Morgan fingerprint density at radius 2 is 1.69 bits per heavy atom. The molecule has 3 rings (SSSR count). The van der Waals surface area contributed by atoms with Gasteiger partial charge in [0.1, 0.15) is 5.56 Å². The molecule has 1 amide bonds. The van der Waals surface area contributed by atoms with Gasteiger partial charge in [-0.3, -0.25) is 14.5 Å². The summed E-state index contributed by atoms with van der Waals surface area (Å²) in [6.45, 7) is 3.31. The second kappa shape index (κ2) is 10.8. The highest BCUT2D eigenvalue weighted by Gasteiger charge is 2.35. The summed E-state index contributed by atoms with van der Waals surface area (Å²) in [7, 11) is 1.65. The summed E-state index contributed by atoms with van der Waals surface area (Å²) in [6.07, 6.45) is -7.41. The van der Waals surface area contributed by atoms with Gasteiger partial charge in [-0.2, -0.15) is 31.4 Å².